The predicted molar refractivity (Wildman–Crippen MR) is 82.7 cm³/mol. The second kappa shape index (κ2) is 8.96. The quantitative estimate of drug-likeness (QED) is 0.662. The Bertz CT molecular complexity index is 393. The van der Waals surface area contributed by atoms with Gasteiger partial charge in [0.25, 0.3) is 0 Å². The summed E-state index contributed by atoms with van der Waals surface area (Å²) in [7, 11) is 0. The summed E-state index contributed by atoms with van der Waals surface area (Å²) in [6.45, 7) is 10.0. The van der Waals surface area contributed by atoms with E-state index in [1.54, 1.807) is 0 Å². The number of hydrogen-bond donors (Lipinski definition) is 1. The summed E-state index contributed by atoms with van der Waals surface area (Å²) in [4.78, 5) is 0. The maximum atomic E-state index is 14.0. The maximum absolute atomic E-state index is 14.0. The molecule has 114 valence electrons. The molecule has 0 saturated heterocycles. The minimum atomic E-state index is -0.192. The molecule has 0 aliphatic carbocycles. The Balaban J connectivity index is 2.50. The van der Waals surface area contributed by atoms with E-state index >= 15 is 0 Å². The molecule has 1 unspecified atom stereocenters. The molecule has 1 atom stereocenters. The van der Waals surface area contributed by atoms with E-state index in [1.807, 2.05) is 19.1 Å². The average molecular weight is 281 g/mol. The molecule has 0 saturated carbocycles. The van der Waals surface area contributed by atoms with Crippen molar-refractivity contribution in [2.45, 2.75) is 53.0 Å². The van der Waals surface area contributed by atoms with Gasteiger partial charge in [0.15, 0.2) is 0 Å². The van der Waals surface area contributed by atoms with Crippen LogP contribution in [0, 0.1) is 11.7 Å². The van der Waals surface area contributed by atoms with Crippen molar-refractivity contribution >= 4 is 0 Å². The van der Waals surface area contributed by atoms with Crippen LogP contribution in [0.15, 0.2) is 18.2 Å². The zero-order chi connectivity index (χ0) is 15.0. The largest absolute Gasteiger partial charge is 0.493 e. The van der Waals surface area contributed by atoms with E-state index in [9.17, 15) is 4.39 Å². The maximum Gasteiger partial charge on any atom is 0.131 e. The van der Waals surface area contributed by atoms with Crippen LogP contribution < -0.4 is 10.1 Å². The number of hydrogen-bond acceptors (Lipinski definition) is 2. The number of halogens is 1. The van der Waals surface area contributed by atoms with Crippen LogP contribution in [0.4, 0.5) is 4.39 Å². The Morgan fingerprint density at radius 1 is 1.25 bits per heavy atom. The molecule has 0 spiro atoms. The normalized spacial score (nSPS) is 12.7. The summed E-state index contributed by atoms with van der Waals surface area (Å²) >= 11 is 0. The molecule has 3 heteroatoms. The summed E-state index contributed by atoms with van der Waals surface area (Å²) in [5.74, 6) is 1.11. The van der Waals surface area contributed by atoms with Crippen LogP contribution in [-0.4, -0.2) is 13.2 Å². The molecule has 0 amide bonds. The average Bonchev–Trinajstić information content (AvgIpc) is 2.41. The molecule has 0 fully saturated rings. The Morgan fingerprint density at radius 2 is 2.00 bits per heavy atom. The first kappa shape index (κ1) is 17.0. The van der Waals surface area contributed by atoms with Crippen LogP contribution in [0.25, 0.3) is 0 Å². The van der Waals surface area contributed by atoms with Gasteiger partial charge in [0.05, 0.1) is 6.61 Å². The Kier molecular flexibility index (Phi) is 7.60. The van der Waals surface area contributed by atoms with E-state index in [0.29, 0.717) is 23.8 Å². The summed E-state index contributed by atoms with van der Waals surface area (Å²) in [6, 6.07) is 5.21. The fourth-order valence-electron chi connectivity index (χ4n) is 2.10. The van der Waals surface area contributed by atoms with E-state index in [0.717, 1.165) is 25.8 Å². The molecule has 0 aliphatic heterocycles. The number of nitrogens with one attached hydrogen (secondary N) is 1. The van der Waals surface area contributed by atoms with E-state index in [-0.39, 0.29) is 11.9 Å². The zero-order valence-corrected chi connectivity index (χ0v) is 13.2. The molecule has 0 bridgehead atoms. The van der Waals surface area contributed by atoms with Crippen molar-refractivity contribution < 1.29 is 9.13 Å². The minimum absolute atomic E-state index is 0.0324. The van der Waals surface area contributed by atoms with Gasteiger partial charge in [0, 0.05) is 17.7 Å². The molecule has 0 aromatic heterocycles. The van der Waals surface area contributed by atoms with Gasteiger partial charge in [-0.1, -0.05) is 26.8 Å². The first-order valence-corrected chi connectivity index (χ1v) is 7.70. The monoisotopic (exact) mass is 281 g/mol. The molecular formula is C17H28FNO. The highest BCUT2D eigenvalue weighted by atomic mass is 19.1. The lowest BCUT2D eigenvalue weighted by Gasteiger charge is -2.15. The molecule has 0 aliphatic rings. The van der Waals surface area contributed by atoms with Gasteiger partial charge in [-0.15, -0.1) is 0 Å². The predicted octanol–water partition coefficient (Wildman–Crippen LogP) is 4.70. The van der Waals surface area contributed by atoms with Crippen LogP contribution in [0.2, 0.25) is 0 Å². The summed E-state index contributed by atoms with van der Waals surface area (Å²) in [5.41, 5.74) is 0.702. The van der Waals surface area contributed by atoms with E-state index in [1.165, 1.54) is 6.07 Å². The Hall–Kier alpha value is -1.09. The lowest BCUT2D eigenvalue weighted by Crippen LogP contribution is -2.20. The fraction of sp³-hybridized carbons (Fsp3) is 0.647. The first-order chi connectivity index (χ1) is 9.54. The van der Waals surface area contributed by atoms with Crippen molar-refractivity contribution in [1.82, 2.24) is 5.32 Å². The molecule has 1 aromatic rings. The van der Waals surface area contributed by atoms with Crippen molar-refractivity contribution in [2.75, 3.05) is 13.2 Å². The Morgan fingerprint density at radius 3 is 2.60 bits per heavy atom. The molecule has 0 heterocycles. The third kappa shape index (κ3) is 5.91. The highest BCUT2D eigenvalue weighted by molar-refractivity contribution is 5.30. The Labute approximate surface area is 122 Å². The standard InChI is InChI=1S/C17H28FNO/c1-5-10-19-14(4)16-9-8-15(12-17(16)18)20-11-6-7-13(2)3/h8-9,12-14,19H,5-7,10-11H2,1-4H3. The van der Waals surface area contributed by atoms with Crippen LogP contribution in [0.5, 0.6) is 5.75 Å². The summed E-state index contributed by atoms with van der Waals surface area (Å²) in [5, 5.41) is 3.29. The summed E-state index contributed by atoms with van der Waals surface area (Å²) in [6.07, 6.45) is 3.19. The van der Waals surface area contributed by atoms with Crippen molar-refractivity contribution in [3.05, 3.63) is 29.6 Å². The fourth-order valence-corrected chi connectivity index (χ4v) is 2.10. The van der Waals surface area contributed by atoms with Gasteiger partial charge in [-0.3, -0.25) is 0 Å². The van der Waals surface area contributed by atoms with Crippen LogP contribution in [-0.2, 0) is 0 Å². The van der Waals surface area contributed by atoms with Gasteiger partial charge < -0.3 is 10.1 Å². The van der Waals surface area contributed by atoms with Crippen molar-refractivity contribution in [2.24, 2.45) is 5.92 Å². The number of benzene rings is 1. The van der Waals surface area contributed by atoms with Gasteiger partial charge in [-0.05, 0) is 44.7 Å². The van der Waals surface area contributed by atoms with Crippen molar-refractivity contribution in [3.8, 4) is 5.75 Å². The van der Waals surface area contributed by atoms with Crippen LogP contribution in [0.1, 0.15) is 58.6 Å². The smallest absolute Gasteiger partial charge is 0.131 e. The van der Waals surface area contributed by atoms with Gasteiger partial charge in [0.2, 0.25) is 0 Å². The van der Waals surface area contributed by atoms with E-state index in [2.05, 4.69) is 26.1 Å². The van der Waals surface area contributed by atoms with Gasteiger partial charge in [-0.25, -0.2) is 4.39 Å². The molecular weight excluding hydrogens is 253 g/mol. The van der Waals surface area contributed by atoms with E-state index in [4.69, 9.17) is 4.74 Å². The topological polar surface area (TPSA) is 21.3 Å². The first-order valence-electron chi connectivity index (χ1n) is 7.70. The molecule has 1 N–H and O–H groups in total. The van der Waals surface area contributed by atoms with E-state index < -0.39 is 0 Å². The molecule has 1 aromatic carbocycles. The third-order valence-corrected chi connectivity index (χ3v) is 3.33. The highest BCUT2D eigenvalue weighted by Gasteiger charge is 2.11. The molecule has 20 heavy (non-hydrogen) atoms. The van der Waals surface area contributed by atoms with Crippen LogP contribution >= 0.6 is 0 Å². The SMILES string of the molecule is CCCNC(C)c1ccc(OCCCC(C)C)cc1F. The van der Waals surface area contributed by atoms with Gasteiger partial charge in [0.1, 0.15) is 11.6 Å². The second-order valence-electron chi connectivity index (χ2n) is 5.74. The van der Waals surface area contributed by atoms with Gasteiger partial charge >= 0.3 is 0 Å². The molecule has 2 nitrogen and oxygen atoms in total. The van der Waals surface area contributed by atoms with Crippen molar-refractivity contribution in [3.63, 3.8) is 0 Å². The number of ether oxygens (including phenoxy) is 1. The molecule has 0 radical (unpaired) electrons. The van der Waals surface area contributed by atoms with Crippen molar-refractivity contribution in [1.29, 1.82) is 0 Å². The highest BCUT2D eigenvalue weighted by Crippen LogP contribution is 2.22. The minimum Gasteiger partial charge on any atom is -0.493 e. The second-order valence-corrected chi connectivity index (χ2v) is 5.74. The molecule has 1 rings (SSSR count). The van der Waals surface area contributed by atoms with Gasteiger partial charge in [-0.2, -0.15) is 0 Å². The third-order valence-electron chi connectivity index (χ3n) is 3.33. The lowest BCUT2D eigenvalue weighted by atomic mass is 10.1. The summed E-state index contributed by atoms with van der Waals surface area (Å²) < 4.78 is 19.6. The lowest BCUT2D eigenvalue weighted by molar-refractivity contribution is 0.296. The number of rotatable bonds is 9. The zero-order valence-electron chi connectivity index (χ0n) is 13.2. The van der Waals surface area contributed by atoms with Crippen LogP contribution in [0.3, 0.4) is 0 Å².